The van der Waals surface area contributed by atoms with Gasteiger partial charge in [-0.1, -0.05) is 28.1 Å². The molecule has 0 aromatic heterocycles. The minimum absolute atomic E-state index is 0.0349. The molecule has 5 heteroatoms. The highest BCUT2D eigenvalue weighted by molar-refractivity contribution is 9.08. The molecule has 0 saturated heterocycles. The van der Waals surface area contributed by atoms with Crippen LogP contribution in [0.5, 0.6) is 0 Å². The van der Waals surface area contributed by atoms with Crippen LogP contribution in [0.15, 0.2) is 24.3 Å². The van der Waals surface area contributed by atoms with Crippen molar-refractivity contribution in [2.75, 3.05) is 20.2 Å². The lowest BCUT2D eigenvalue weighted by Gasteiger charge is -2.16. The highest BCUT2D eigenvalue weighted by Gasteiger charge is 2.15. The molecule has 0 N–H and O–H groups in total. The Morgan fingerprint density at radius 2 is 1.89 bits per heavy atom. The molecule has 0 fully saturated rings. The number of hydrogen-bond donors (Lipinski definition) is 0. The number of halogens is 1. The second-order valence-corrected chi connectivity index (χ2v) is 4.36. The molecule has 0 aliphatic heterocycles. The second kappa shape index (κ2) is 7.16. The van der Waals surface area contributed by atoms with Crippen molar-refractivity contribution in [2.45, 2.75) is 12.3 Å². The van der Waals surface area contributed by atoms with E-state index in [1.807, 2.05) is 12.1 Å². The summed E-state index contributed by atoms with van der Waals surface area (Å²) in [6.07, 6.45) is 0. The van der Waals surface area contributed by atoms with Gasteiger partial charge in [0.2, 0.25) is 0 Å². The molecular weight excluding hydrogens is 298 g/mol. The molecule has 98 valence electrons. The highest BCUT2D eigenvalue weighted by Crippen LogP contribution is 2.09. The van der Waals surface area contributed by atoms with E-state index >= 15 is 0 Å². The minimum Gasteiger partial charge on any atom is -0.465 e. The molecule has 0 radical (unpaired) electrons. The zero-order valence-electron chi connectivity index (χ0n) is 10.5. The summed E-state index contributed by atoms with van der Waals surface area (Å²) in [6, 6.07) is 7.25. The number of likely N-dealkylation sites (N-methyl/N-ethyl adjacent to an activating group) is 1. The average Bonchev–Trinajstić information content (AvgIpc) is 2.38. The summed E-state index contributed by atoms with van der Waals surface area (Å²) in [6.45, 7) is 2.02. The van der Waals surface area contributed by atoms with Crippen LogP contribution in [0.4, 0.5) is 0 Å². The number of nitrogens with zero attached hydrogens (tertiary/aromatic N) is 1. The van der Waals surface area contributed by atoms with Crippen LogP contribution in [0.2, 0.25) is 0 Å². The Balaban J connectivity index is 2.64. The van der Waals surface area contributed by atoms with E-state index < -0.39 is 5.97 Å². The summed E-state index contributed by atoms with van der Waals surface area (Å²) in [5.74, 6) is -0.588. The third kappa shape index (κ3) is 4.14. The average molecular weight is 314 g/mol. The Kier molecular flexibility index (Phi) is 5.85. The molecule has 18 heavy (non-hydrogen) atoms. The standard InChI is InChI=1S/C13H16BrNO3/c1-3-18-12(16)9-15(2)13(17)11-6-4-10(8-14)5-7-11/h4-7H,3,8-9H2,1-2H3. The van der Waals surface area contributed by atoms with E-state index in [1.165, 1.54) is 4.90 Å². The maximum absolute atomic E-state index is 12.0. The van der Waals surface area contributed by atoms with E-state index in [1.54, 1.807) is 26.1 Å². The van der Waals surface area contributed by atoms with E-state index in [0.717, 1.165) is 10.9 Å². The lowest BCUT2D eigenvalue weighted by atomic mass is 10.1. The van der Waals surface area contributed by atoms with E-state index in [2.05, 4.69) is 15.9 Å². The summed E-state index contributed by atoms with van der Waals surface area (Å²) in [5.41, 5.74) is 1.66. The highest BCUT2D eigenvalue weighted by atomic mass is 79.9. The molecule has 1 rings (SSSR count). The first-order chi connectivity index (χ1) is 8.58. The topological polar surface area (TPSA) is 46.6 Å². The fraction of sp³-hybridized carbons (Fsp3) is 0.385. The van der Waals surface area contributed by atoms with Gasteiger partial charge in [0.15, 0.2) is 0 Å². The Morgan fingerprint density at radius 1 is 1.28 bits per heavy atom. The van der Waals surface area contributed by atoms with Crippen LogP contribution < -0.4 is 0 Å². The number of alkyl halides is 1. The fourth-order valence-corrected chi connectivity index (χ4v) is 1.80. The largest absolute Gasteiger partial charge is 0.465 e. The van der Waals surface area contributed by atoms with E-state index in [4.69, 9.17) is 4.74 Å². The molecule has 1 aromatic rings. The summed E-state index contributed by atoms with van der Waals surface area (Å²) < 4.78 is 4.80. The smallest absolute Gasteiger partial charge is 0.325 e. The molecule has 0 heterocycles. The minimum atomic E-state index is -0.398. The monoisotopic (exact) mass is 313 g/mol. The number of esters is 1. The van der Waals surface area contributed by atoms with E-state index in [-0.39, 0.29) is 12.5 Å². The molecule has 0 unspecified atom stereocenters. The number of carbonyl (C=O) groups excluding carboxylic acids is 2. The predicted octanol–water partition coefficient (Wildman–Crippen LogP) is 2.22. The first kappa shape index (κ1) is 14.7. The number of ether oxygens (including phenoxy) is 1. The maximum atomic E-state index is 12.0. The van der Waals surface area contributed by atoms with Crippen LogP contribution in [-0.2, 0) is 14.9 Å². The molecular formula is C13H16BrNO3. The number of amides is 1. The Labute approximate surface area is 115 Å². The quantitative estimate of drug-likeness (QED) is 0.618. The molecule has 4 nitrogen and oxygen atoms in total. The van der Waals surface area contributed by atoms with Crippen molar-refractivity contribution in [2.24, 2.45) is 0 Å². The number of hydrogen-bond acceptors (Lipinski definition) is 3. The number of rotatable bonds is 5. The molecule has 1 amide bonds. The fourth-order valence-electron chi connectivity index (χ4n) is 1.43. The molecule has 1 aromatic carbocycles. The Hall–Kier alpha value is -1.36. The van der Waals surface area contributed by atoms with Crippen LogP contribution in [0.25, 0.3) is 0 Å². The third-order valence-electron chi connectivity index (χ3n) is 2.37. The Bertz CT molecular complexity index is 417. The molecule has 0 spiro atoms. The molecule has 0 aliphatic carbocycles. The second-order valence-electron chi connectivity index (χ2n) is 3.80. The molecule has 0 aliphatic rings. The van der Waals surface area contributed by atoms with Crippen molar-refractivity contribution in [1.82, 2.24) is 4.90 Å². The first-order valence-electron chi connectivity index (χ1n) is 5.64. The van der Waals surface area contributed by atoms with Crippen molar-refractivity contribution >= 4 is 27.8 Å². The molecule has 0 bridgehead atoms. The van der Waals surface area contributed by atoms with Gasteiger partial charge >= 0.3 is 5.97 Å². The summed E-state index contributed by atoms with van der Waals surface area (Å²) >= 11 is 3.34. The van der Waals surface area contributed by atoms with Crippen molar-refractivity contribution < 1.29 is 14.3 Å². The van der Waals surface area contributed by atoms with Crippen molar-refractivity contribution in [1.29, 1.82) is 0 Å². The lowest BCUT2D eigenvalue weighted by molar-refractivity contribution is -0.143. The Morgan fingerprint density at radius 3 is 2.39 bits per heavy atom. The van der Waals surface area contributed by atoms with E-state index in [0.29, 0.717) is 12.2 Å². The van der Waals surface area contributed by atoms with Crippen LogP contribution >= 0.6 is 15.9 Å². The van der Waals surface area contributed by atoms with Gasteiger partial charge in [-0.2, -0.15) is 0 Å². The molecule has 0 atom stereocenters. The van der Waals surface area contributed by atoms with Crippen molar-refractivity contribution in [3.8, 4) is 0 Å². The number of carbonyl (C=O) groups is 2. The SMILES string of the molecule is CCOC(=O)CN(C)C(=O)c1ccc(CBr)cc1. The first-order valence-corrected chi connectivity index (χ1v) is 6.76. The van der Waals surface area contributed by atoms with Gasteiger partial charge in [0, 0.05) is 17.9 Å². The predicted molar refractivity (Wildman–Crippen MR) is 72.7 cm³/mol. The van der Waals surface area contributed by atoms with Gasteiger partial charge in [-0.25, -0.2) is 0 Å². The van der Waals surface area contributed by atoms with Crippen molar-refractivity contribution in [3.05, 3.63) is 35.4 Å². The van der Waals surface area contributed by atoms with Gasteiger partial charge < -0.3 is 9.64 Å². The number of benzene rings is 1. The molecule has 0 saturated carbocycles. The van der Waals surface area contributed by atoms with Crippen LogP contribution in [0.1, 0.15) is 22.8 Å². The maximum Gasteiger partial charge on any atom is 0.325 e. The van der Waals surface area contributed by atoms with Crippen LogP contribution in [0, 0.1) is 0 Å². The normalized spacial score (nSPS) is 9.94. The van der Waals surface area contributed by atoms with Gasteiger partial charge in [-0.05, 0) is 24.6 Å². The van der Waals surface area contributed by atoms with Gasteiger partial charge in [0.1, 0.15) is 6.54 Å². The van der Waals surface area contributed by atoms with Gasteiger partial charge in [0.05, 0.1) is 6.61 Å². The summed E-state index contributed by atoms with van der Waals surface area (Å²) in [7, 11) is 1.58. The van der Waals surface area contributed by atoms with Gasteiger partial charge in [0.25, 0.3) is 5.91 Å². The van der Waals surface area contributed by atoms with Gasteiger partial charge in [-0.15, -0.1) is 0 Å². The third-order valence-corrected chi connectivity index (χ3v) is 3.02. The lowest BCUT2D eigenvalue weighted by Crippen LogP contribution is -2.33. The zero-order chi connectivity index (χ0) is 13.5. The summed E-state index contributed by atoms with van der Waals surface area (Å²) in [5, 5.41) is 0.750. The van der Waals surface area contributed by atoms with E-state index in [9.17, 15) is 9.59 Å². The van der Waals surface area contributed by atoms with Gasteiger partial charge in [-0.3, -0.25) is 9.59 Å². The van der Waals surface area contributed by atoms with Crippen LogP contribution in [-0.4, -0.2) is 37.0 Å². The van der Waals surface area contributed by atoms with Crippen molar-refractivity contribution in [3.63, 3.8) is 0 Å². The van der Waals surface area contributed by atoms with Crippen LogP contribution in [0.3, 0.4) is 0 Å². The zero-order valence-corrected chi connectivity index (χ0v) is 12.1. The summed E-state index contributed by atoms with van der Waals surface area (Å²) in [4.78, 5) is 24.6.